The lowest BCUT2D eigenvalue weighted by atomic mass is 9.93. The fraction of sp³-hybridized carbons (Fsp3) is 0.381. The van der Waals surface area contributed by atoms with Crippen molar-refractivity contribution in [3.05, 3.63) is 57.5 Å². The average molecular weight is 402 g/mol. The summed E-state index contributed by atoms with van der Waals surface area (Å²) in [6.07, 6.45) is 3.15. The first-order valence-corrected chi connectivity index (χ1v) is 9.84. The van der Waals surface area contributed by atoms with Crippen LogP contribution in [-0.4, -0.2) is 23.6 Å². The van der Waals surface area contributed by atoms with E-state index in [0.29, 0.717) is 22.8 Å². The fourth-order valence-electron chi connectivity index (χ4n) is 3.17. The van der Waals surface area contributed by atoms with Crippen molar-refractivity contribution in [3.8, 4) is 0 Å². The van der Waals surface area contributed by atoms with E-state index in [1.165, 1.54) is 0 Å². The highest BCUT2D eigenvalue weighted by molar-refractivity contribution is 6.30. The standard InChI is InChI=1S/C21H24ClN3O3/c1-4-12(2)23-21(27)19-13(3)18-16(6-5-7-17(18)28-19)24-25-20(26)14-8-10-15(22)11-9-14/h8-12H,4-7H2,1-3H3,(H,23,27)(H,25,26)/b24-16+. The maximum absolute atomic E-state index is 12.5. The predicted molar refractivity (Wildman–Crippen MR) is 109 cm³/mol. The largest absolute Gasteiger partial charge is 0.455 e. The summed E-state index contributed by atoms with van der Waals surface area (Å²) in [4.78, 5) is 24.8. The first kappa shape index (κ1) is 20.1. The van der Waals surface area contributed by atoms with Crippen LogP contribution >= 0.6 is 11.6 Å². The third-order valence-electron chi connectivity index (χ3n) is 4.92. The molecule has 2 aromatic rings. The smallest absolute Gasteiger partial charge is 0.287 e. The molecule has 1 aliphatic rings. The predicted octanol–water partition coefficient (Wildman–Crippen LogP) is 4.24. The van der Waals surface area contributed by atoms with Gasteiger partial charge in [0.15, 0.2) is 5.76 Å². The van der Waals surface area contributed by atoms with E-state index < -0.39 is 0 Å². The molecule has 3 rings (SSSR count). The summed E-state index contributed by atoms with van der Waals surface area (Å²) >= 11 is 5.85. The maximum Gasteiger partial charge on any atom is 0.287 e. The molecule has 0 radical (unpaired) electrons. The minimum atomic E-state index is -0.313. The Morgan fingerprint density at radius 3 is 2.61 bits per heavy atom. The number of hydrogen-bond donors (Lipinski definition) is 2. The summed E-state index contributed by atoms with van der Waals surface area (Å²) in [7, 11) is 0. The van der Waals surface area contributed by atoms with E-state index in [4.69, 9.17) is 16.0 Å². The van der Waals surface area contributed by atoms with E-state index in [2.05, 4.69) is 15.8 Å². The summed E-state index contributed by atoms with van der Waals surface area (Å²) in [5, 5.41) is 7.83. The lowest BCUT2D eigenvalue weighted by Crippen LogP contribution is -2.32. The van der Waals surface area contributed by atoms with Crippen molar-refractivity contribution in [1.29, 1.82) is 0 Å². The van der Waals surface area contributed by atoms with Gasteiger partial charge in [-0.1, -0.05) is 18.5 Å². The first-order chi connectivity index (χ1) is 13.4. The zero-order chi connectivity index (χ0) is 20.3. The van der Waals surface area contributed by atoms with Gasteiger partial charge in [0.05, 0.1) is 5.71 Å². The molecule has 0 fully saturated rings. The molecule has 0 saturated heterocycles. The first-order valence-electron chi connectivity index (χ1n) is 9.46. The van der Waals surface area contributed by atoms with Crippen LogP contribution in [0.25, 0.3) is 0 Å². The normalized spacial score (nSPS) is 15.8. The number of carbonyl (C=O) groups excluding carboxylic acids is 2. The van der Waals surface area contributed by atoms with Gasteiger partial charge in [0.25, 0.3) is 11.8 Å². The third-order valence-corrected chi connectivity index (χ3v) is 5.17. The van der Waals surface area contributed by atoms with Gasteiger partial charge < -0.3 is 9.73 Å². The molecule has 1 aromatic carbocycles. The van der Waals surface area contributed by atoms with Gasteiger partial charge in [0.2, 0.25) is 0 Å². The highest BCUT2D eigenvalue weighted by atomic mass is 35.5. The van der Waals surface area contributed by atoms with Crippen molar-refractivity contribution < 1.29 is 14.0 Å². The molecule has 6 nitrogen and oxygen atoms in total. The number of nitrogens with zero attached hydrogens (tertiary/aromatic N) is 1. The summed E-state index contributed by atoms with van der Waals surface area (Å²) in [6.45, 7) is 5.82. The number of hydrogen-bond acceptors (Lipinski definition) is 4. The number of hydrazone groups is 1. The molecule has 2 N–H and O–H groups in total. The summed E-state index contributed by atoms with van der Waals surface area (Å²) in [5.74, 6) is 0.541. The van der Waals surface area contributed by atoms with Gasteiger partial charge in [0.1, 0.15) is 5.76 Å². The van der Waals surface area contributed by atoms with Crippen LogP contribution in [0.3, 0.4) is 0 Å². The Kier molecular flexibility index (Phi) is 6.19. The molecule has 1 heterocycles. The third kappa shape index (κ3) is 4.28. The number of benzene rings is 1. The molecule has 0 spiro atoms. The summed E-state index contributed by atoms with van der Waals surface area (Å²) < 4.78 is 5.86. The van der Waals surface area contributed by atoms with Gasteiger partial charge in [-0.05, 0) is 57.4 Å². The zero-order valence-corrected chi connectivity index (χ0v) is 17.0. The summed E-state index contributed by atoms with van der Waals surface area (Å²) in [6, 6.07) is 6.67. The van der Waals surface area contributed by atoms with Gasteiger partial charge in [-0.25, -0.2) is 5.43 Å². The molecule has 1 atom stereocenters. The van der Waals surface area contributed by atoms with Crippen LogP contribution in [0.2, 0.25) is 5.02 Å². The van der Waals surface area contributed by atoms with Crippen LogP contribution < -0.4 is 10.7 Å². The molecule has 0 aliphatic heterocycles. The van der Waals surface area contributed by atoms with Crippen molar-refractivity contribution in [2.24, 2.45) is 5.10 Å². The molecule has 1 aromatic heterocycles. The number of halogens is 1. The number of nitrogens with one attached hydrogen (secondary N) is 2. The van der Waals surface area contributed by atoms with Crippen LogP contribution in [0.15, 0.2) is 33.8 Å². The number of furan rings is 1. The van der Waals surface area contributed by atoms with Gasteiger partial charge in [0, 0.05) is 34.2 Å². The van der Waals surface area contributed by atoms with Crippen LogP contribution in [0, 0.1) is 6.92 Å². The molecule has 28 heavy (non-hydrogen) atoms. The molecule has 148 valence electrons. The second-order valence-corrected chi connectivity index (χ2v) is 7.43. The maximum atomic E-state index is 12.5. The van der Waals surface area contributed by atoms with Crippen LogP contribution in [0.5, 0.6) is 0 Å². The molecule has 0 bridgehead atoms. The minimum absolute atomic E-state index is 0.0702. The Morgan fingerprint density at radius 2 is 1.93 bits per heavy atom. The van der Waals surface area contributed by atoms with Gasteiger partial charge >= 0.3 is 0 Å². The van der Waals surface area contributed by atoms with E-state index in [1.807, 2.05) is 20.8 Å². The lowest BCUT2D eigenvalue weighted by Gasteiger charge is -2.13. The van der Waals surface area contributed by atoms with Crippen molar-refractivity contribution in [1.82, 2.24) is 10.7 Å². The van der Waals surface area contributed by atoms with Gasteiger partial charge in [-0.3, -0.25) is 9.59 Å². The Bertz CT molecular complexity index is 916. The minimum Gasteiger partial charge on any atom is -0.455 e. The summed E-state index contributed by atoms with van der Waals surface area (Å²) in [5.41, 5.74) is 5.39. The van der Waals surface area contributed by atoms with E-state index in [1.54, 1.807) is 24.3 Å². The fourth-order valence-corrected chi connectivity index (χ4v) is 3.30. The van der Waals surface area contributed by atoms with Gasteiger partial charge in [-0.2, -0.15) is 5.10 Å². The number of rotatable bonds is 5. The Balaban J connectivity index is 1.82. The SMILES string of the molecule is CCC(C)NC(=O)c1oc2c(c1C)/C(=N/NC(=O)c1ccc(Cl)cc1)CCC2. The Labute approximate surface area is 169 Å². The number of fused-ring (bicyclic) bond motifs is 1. The number of amides is 2. The second kappa shape index (κ2) is 8.61. The number of carbonyl (C=O) groups is 2. The van der Waals surface area contributed by atoms with E-state index in [9.17, 15) is 9.59 Å². The van der Waals surface area contributed by atoms with Crippen LogP contribution in [0.4, 0.5) is 0 Å². The van der Waals surface area contributed by atoms with Crippen molar-refractivity contribution in [2.75, 3.05) is 0 Å². The van der Waals surface area contributed by atoms with Crippen molar-refractivity contribution in [3.63, 3.8) is 0 Å². The lowest BCUT2D eigenvalue weighted by molar-refractivity contribution is 0.0907. The van der Waals surface area contributed by atoms with Crippen LogP contribution in [0.1, 0.15) is 70.9 Å². The topological polar surface area (TPSA) is 83.7 Å². The number of aryl methyl sites for hydroxylation is 1. The van der Waals surface area contributed by atoms with Crippen molar-refractivity contribution >= 4 is 29.1 Å². The van der Waals surface area contributed by atoms with E-state index >= 15 is 0 Å². The molecule has 7 heteroatoms. The Hall–Kier alpha value is -2.60. The van der Waals surface area contributed by atoms with E-state index in [-0.39, 0.29) is 17.9 Å². The van der Waals surface area contributed by atoms with Gasteiger partial charge in [-0.15, -0.1) is 0 Å². The average Bonchev–Trinajstić information content (AvgIpc) is 3.04. The van der Waals surface area contributed by atoms with Crippen LogP contribution in [-0.2, 0) is 6.42 Å². The zero-order valence-electron chi connectivity index (χ0n) is 16.3. The highest BCUT2D eigenvalue weighted by Crippen LogP contribution is 2.30. The van der Waals surface area contributed by atoms with E-state index in [0.717, 1.165) is 41.9 Å². The quantitative estimate of drug-likeness (QED) is 0.735. The second-order valence-electron chi connectivity index (χ2n) is 7.00. The molecule has 1 unspecified atom stereocenters. The Morgan fingerprint density at radius 1 is 1.21 bits per heavy atom. The molecular weight excluding hydrogens is 378 g/mol. The molecule has 1 aliphatic carbocycles. The molecular formula is C21H24ClN3O3. The molecule has 0 saturated carbocycles. The molecule has 2 amide bonds. The van der Waals surface area contributed by atoms with Crippen molar-refractivity contribution in [2.45, 2.75) is 52.5 Å². The monoisotopic (exact) mass is 401 g/mol. The highest BCUT2D eigenvalue weighted by Gasteiger charge is 2.28.